The molecule has 0 amide bonds. The van der Waals surface area contributed by atoms with Gasteiger partial charge in [-0.25, -0.2) is 8.42 Å². The first kappa shape index (κ1) is 11.3. The van der Waals surface area contributed by atoms with Crippen LogP contribution in [-0.4, -0.2) is 27.0 Å². The largest absolute Gasteiger partial charge is 0.468 e. The molecule has 0 saturated carbocycles. The third-order valence-corrected chi connectivity index (χ3v) is 2.85. The summed E-state index contributed by atoms with van der Waals surface area (Å²) in [6.07, 6.45) is 2.86. The fourth-order valence-electron chi connectivity index (χ4n) is 1.04. The third kappa shape index (κ3) is 3.93. The summed E-state index contributed by atoms with van der Waals surface area (Å²) in [6.45, 7) is 2.99. The molecule has 0 bridgehead atoms. The summed E-state index contributed by atoms with van der Waals surface area (Å²) in [5.41, 5.74) is 1.08. The van der Waals surface area contributed by atoms with Crippen LogP contribution in [0.15, 0.2) is 16.7 Å². The molecule has 0 aliphatic carbocycles. The van der Waals surface area contributed by atoms with Gasteiger partial charge in [-0.15, -0.1) is 0 Å². The van der Waals surface area contributed by atoms with E-state index in [2.05, 4.69) is 5.32 Å². The predicted octanol–water partition coefficient (Wildman–Crippen LogP) is 0.722. The molecule has 0 radical (unpaired) electrons. The van der Waals surface area contributed by atoms with Crippen molar-refractivity contribution in [3.63, 3.8) is 0 Å². The summed E-state index contributed by atoms with van der Waals surface area (Å²) in [7, 11) is -2.87. The highest BCUT2D eigenvalue weighted by atomic mass is 32.2. The molecule has 4 nitrogen and oxygen atoms in total. The molecular formula is C9H15NO3S. The van der Waals surface area contributed by atoms with E-state index in [0.29, 0.717) is 13.1 Å². The fraction of sp³-hybridized carbons (Fsp3) is 0.556. The molecule has 0 aromatic carbocycles. The lowest BCUT2D eigenvalue weighted by molar-refractivity contribution is 0.484. The Morgan fingerprint density at radius 1 is 1.50 bits per heavy atom. The van der Waals surface area contributed by atoms with E-state index in [-0.39, 0.29) is 5.75 Å². The van der Waals surface area contributed by atoms with Gasteiger partial charge in [0, 0.05) is 12.8 Å². The summed E-state index contributed by atoms with van der Waals surface area (Å²) < 4.78 is 26.8. The number of furan rings is 1. The van der Waals surface area contributed by atoms with Crippen molar-refractivity contribution in [3.05, 3.63) is 23.7 Å². The summed E-state index contributed by atoms with van der Waals surface area (Å²) in [6, 6.07) is 1.88. The Kier molecular flexibility index (Phi) is 3.71. The molecule has 0 unspecified atom stereocenters. The lowest BCUT2D eigenvalue weighted by atomic mass is 10.3. The van der Waals surface area contributed by atoms with Crippen molar-refractivity contribution in [3.8, 4) is 0 Å². The molecule has 1 rings (SSSR count). The Morgan fingerprint density at radius 3 is 2.71 bits per heavy atom. The first-order valence-electron chi connectivity index (χ1n) is 4.40. The van der Waals surface area contributed by atoms with Crippen LogP contribution in [0.2, 0.25) is 0 Å². The minimum atomic E-state index is -2.87. The van der Waals surface area contributed by atoms with Gasteiger partial charge >= 0.3 is 0 Å². The highest BCUT2D eigenvalue weighted by Gasteiger charge is 2.03. The second-order valence-corrected chi connectivity index (χ2v) is 5.59. The van der Waals surface area contributed by atoms with Crippen molar-refractivity contribution in [2.24, 2.45) is 0 Å². The molecule has 1 heterocycles. The Balaban J connectivity index is 2.26. The van der Waals surface area contributed by atoms with Crippen molar-refractivity contribution >= 4 is 9.84 Å². The van der Waals surface area contributed by atoms with Crippen molar-refractivity contribution < 1.29 is 12.8 Å². The quantitative estimate of drug-likeness (QED) is 0.738. The van der Waals surface area contributed by atoms with E-state index in [1.807, 2.05) is 13.0 Å². The zero-order valence-electron chi connectivity index (χ0n) is 8.41. The van der Waals surface area contributed by atoms with E-state index in [4.69, 9.17) is 4.42 Å². The average Bonchev–Trinajstić information content (AvgIpc) is 2.44. The Labute approximate surface area is 84.2 Å². The second kappa shape index (κ2) is 4.61. The number of sulfone groups is 1. The maximum absolute atomic E-state index is 10.8. The topological polar surface area (TPSA) is 59.3 Å². The number of nitrogens with one attached hydrogen (secondary N) is 1. The van der Waals surface area contributed by atoms with Crippen molar-refractivity contribution in [1.29, 1.82) is 0 Å². The van der Waals surface area contributed by atoms with Gasteiger partial charge in [0.15, 0.2) is 0 Å². The summed E-state index contributed by atoms with van der Waals surface area (Å²) in [5, 5.41) is 3.01. The van der Waals surface area contributed by atoms with Gasteiger partial charge in [-0.1, -0.05) is 0 Å². The number of aryl methyl sites for hydroxylation is 1. The fourth-order valence-corrected chi connectivity index (χ4v) is 1.56. The molecule has 80 valence electrons. The van der Waals surface area contributed by atoms with Gasteiger partial charge in [0.25, 0.3) is 0 Å². The van der Waals surface area contributed by atoms with Crippen LogP contribution < -0.4 is 5.32 Å². The first-order valence-corrected chi connectivity index (χ1v) is 6.46. The normalized spacial score (nSPS) is 11.9. The molecule has 0 fully saturated rings. The van der Waals surface area contributed by atoms with Crippen molar-refractivity contribution in [2.45, 2.75) is 13.5 Å². The van der Waals surface area contributed by atoms with Gasteiger partial charge < -0.3 is 9.73 Å². The van der Waals surface area contributed by atoms with Crippen LogP contribution in [-0.2, 0) is 16.4 Å². The van der Waals surface area contributed by atoms with E-state index < -0.39 is 9.84 Å². The smallest absolute Gasteiger partial charge is 0.148 e. The van der Waals surface area contributed by atoms with E-state index >= 15 is 0 Å². The molecule has 14 heavy (non-hydrogen) atoms. The van der Waals surface area contributed by atoms with Crippen LogP contribution in [0.25, 0.3) is 0 Å². The minimum absolute atomic E-state index is 0.159. The van der Waals surface area contributed by atoms with Crippen LogP contribution in [0.3, 0.4) is 0 Å². The Hall–Kier alpha value is -0.810. The van der Waals surface area contributed by atoms with Gasteiger partial charge in [-0.3, -0.25) is 0 Å². The van der Waals surface area contributed by atoms with Gasteiger partial charge in [-0.2, -0.15) is 0 Å². The molecule has 0 spiro atoms. The van der Waals surface area contributed by atoms with E-state index in [9.17, 15) is 8.42 Å². The second-order valence-electron chi connectivity index (χ2n) is 3.33. The lowest BCUT2D eigenvalue weighted by Gasteiger charge is -2.01. The highest BCUT2D eigenvalue weighted by Crippen LogP contribution is 2.07. The Morgan fingerprint density at radius 2 is 2.21 bits per heavy atom. The monoisotopic (exact) mass is 217 g/mol. The van der Waals surface area contributed by atoms with Crippen LogP contribution in [0, 0.1) is 6.92 Å². The Bertz CT molecular complexity index is 381. The van der Waals surface area contributed by atoms with Crippen molar-refractivity contribution in [2.75, 3.05) is 18.6 Å². The SMILES string of the molecule is Cc1ccoc1CNCCS(C)(=O)=O. The first-order chi connectivity index (χ1) is 6.49. The number of hydrogen-bond acceptors (Lipinski definition) is 4. The van der Waals surface area contributed by atoms with Gasteiger partial charge in [-0.05, 0) is 18.6 Å². The molecular weight excluding hydrogens is 202 g/mol. The molecule has 0 aliphatic rings. The zero-order valence-corrected chi connectivity index (χ0v) is 9.23. The lowest BCUT2D eigenvalue weighted by Crippen LogP contribution is -2.21. The predicted molar refractivity (Wildman–Crippen MR) is 54.9 cm³/mol. The van der Waals surface area contributed by atoms with Crippen LogP contribution >= 0.6 is 0 Å². The summed E-state index contributed by atoms with van der Waals surface area (Å²) in [4.78, 5) is 0. The van der Waals surface area contributed by atoms with Crippen molar-refractivity contribution in [1.82, 2.24) is 5.32 Å². The third-order valence-electron chi connectivity index (χ3n) is 1.90. The van der Waals surface area contributed by atoms with E-state index in [0.717, 1.165) is 11.3 Å². The van der Waals surface area contributed by atoms with Crippen LogP contribution in [0.1, 0.15) is 11.3 Å². The maximum Gasteiger partial charge on any atom is 0.148 e. The van der Waals surface area contributed by atoms with E-state index in [1.165, 1.54) is 6.26 Å². The molecule has 0 saturated heterocycles. The van der Waals surface area contributed by atoms with Crippen LogP contribution in [0.4, 0.5) is 0 Å². The van der Waals surface area contributed by atoms with Gasteiger partial charge in [0.1, 0.15) is 15.6 Å². The molecule has 5 heteroatoms. The number of rotatable bonds is 5. The molecule has 1 aromatic heterocycles. The minimum Gasteiger partial charge on any atom is -0.468 e. The summed E-state index contributed by atoms with van der Waals surface area (Å²) in [5.74, 6) is 1.02. The average molecular weight is 217 g/mol. The molecule has 0 atom stereocenters. The molecule has 1 N–H and O–H groups in total. The van der Waals surface area contributed by atoms with E-state index in [1.54, 1.807) is 6.26 Å². The highest BCUT2D eigenvalue weighted by molar-refractivity contribution is 7.90. The summed E-state index contributed by atoms with van der Waals surface area (Å²) >= 11 is 0. The molecule has 0 aliphatic heterocycles. The van der Waals surface area contributed by atoms with Gasteiger partial charge in [0.2, 0.25) is 0 Å². The maximum atomic E-state index is 10.8. The number of hydrogen-bond donors (Lipinski definition) is 1. The molecule has 1 aromatic rings. The standard InChI is InChI=1S/C9H15NO3S/c1-8-3-5-13-9(8)7-10-4-6-14(2,11)12/h3,5,10H,4,6-7H2,1-2H3. The van der Waals surface area contributed by atoms with Crippen LogP contribution in [0.5, 0.6) is 0 Å². The zero-order chi connectivity index (χ0) is 10.6. The van der Waals surface area contributed by atoms with Gasteiger partial charge in [0.05, 0.1) is 18.6 Å².